The van der Waals surface area contributed by atoms with Crippen molar-refractivity contribution in [2.24, 2.45) is 0 Å². The van der Waals surface area contributed by atoms with E-state index in [4.69, 9.17) is 4.98 Å². The Morgan fingerprint density at radius 3 is 1.61 bits per heavy atom. The van der Waals surface area contributed by atoms with Gasteiger partial charge in [-0.2, -0.15) is 0 Å². The van der Waals surface area contributed by atoms with E-state index >= 15 is 0 Å². The summed E-state index contributed by atoms with van der Waals surface area (Å²) in [6.07, 6.45) is 4.04. The lowest BCUT2D eigenvalue weighted by molar-refractivity contribution is 0.520. The number of nitrogens with zero attached hydrogens (tertiary/aromatic N) is 2. The molecule has 5 rings (SSSR count). The third kappa shape index (κ3) is 3.22. The Morgan fingerprint density at radius 1 is 0.710 bits per heavy atom. The molecule has 5 aromatic rings. The largest absolute Gasteiger partial charge is 0.312 e. The molecule has 2 heterocycles. The number of imidazole rings is 1. The van der Waals surface area contributed by atoms with E-state index in [0.29, 0.717) is 0 Å². The zero-order valence-electron chi connectivity index (χ0n) is 17.7. The Morgan fingerprint density at radius 2 is 1.19 bits per heavy atom. The van der Waals surface area contributed by atoms with Gasteiger partial charge in [0, 0.05) is 27.7 Å². The van der Waals surface area contributed by atoms with Gasteiger partial charge in [0.15, 0.2) is 0 Å². The highest BCUT2D eigenvalue weighted by molar-refractivity contribution is 7.12. The summed E-state index contributed by atoms with van der Waals surface area (Å²) in [5, 5.41) is 0. The van der Waals surface area contributed by atoms with Crippen LogP contribution in [0.3, 0.4) is 0 Å². The van der Waals surface area contributed by atoms with Gasteiger partial charge >= 0.3 is 0 Å². The van der Waals surface area contributed by atoms with Crippen LogP contribution in [0.5, 0.6) is 0 Å². The van der Waals surface area contributed by atoms with Crippen molar-refractivity contribution in [3.63, 3.8) is 0 Å². The average molecular weight is 421 g/mol. The van der Waals surface area contributed by atoms with Gasteiger partial charge in [-0.1, -0.05) is 91.0 Å². The quantitative estimate of drug-likeness (QED) is 0.278. The Hall–Kier alpha value is -3.43. The predicted molar refractivity (Wildman–Crippen MR) is 130 cm³/mol. The number of rotatable bonds is 5. The summed E-state index contributed by atoms with van der Waals surface area (Å²) in [6, 6.07) is 34.5. The van der Waals surface area contributed by atoms with Crippen LogP contribution in [0.1, 0.15) is 26.4 Å². The third-order valence-electron chi connectivity index (χ3n) is 5.86. The van der Waals surface area contributed by atoms with Crippen LogP contribution >= 0.6 is 11.3 Å². The van der Waals surface area contributed by atoms with E-state index in [1.165, 1.54) is 32.0 Å². The Labute approximate surface area is 187 Å². The predicted octanol–water partition coefficient (Wildman–Crippen LogP) is 7.07. The van der Waals surface area contributed by atoms with Crippen LogP contribution in [0.25, 0.3) is 11.4 Å². The molecule has 0 fully saturated rings. The molecule has 0 radical (unpaired) electrons. The minimum Gasteiger partial charge on any atom is -0.312 e. The number of hydrogen-bond acceptors (Lipinski definition) is 2. The summed E-state index contributed by atoms with van der Waals surface area (Å²) in [6.45, 7) is 4.34. The fraction of sp³-hybridized carbons (Fsp3) is 0.107. The highest BCUT2D eigenvalue weighted by Crippen LogP contribution is 2.43. The monoisotopic (exact) mass is 420 g/mol. The van der Waals surface area contributed by atoms with Crippen molar-refractivity contribution >= 4 is 11.3 Å². The maximum atomic E-state index is 4.87. The molecular weight excluding hydrogens is 396 g/mol. The molecule has 0 atom stereocenters. The first-order chi connectivity index (χ1) is 15.2. The molecule has 0 saturated carbocycles. The van der Waals surface area contributed by atoms with Gasteiger partial charge in [0.25, 0.3) is 0 Å². The number of aromatic nitrogens is 2. The topological polar surface area (TPSA) is 17.8 Å². The van der Waals surface area contributed by atoms with Gasteiger partial charge in [-0.15, -0.1) is 11.3 Å². The zero-order valence-corrected chi connectivity index (χ0v) is 18.5. The fourth-order valence-electron chi connectivity index (χ4n) is 4.58. The summed E-state index contributed by atoms with van der Waals surface area (Å²) in [5.74, 6) is 0.985. The van der Waals surface area contributed by atoms with E-state index in [1.807, 2.05) is 17.5 Å². The van der Waals surface area contributed by atoms with E-state index in [2.05, 4.69) is 122 Å². The Balaban J connectivity index is 1.91. The van der Waals surface area contributed by atoms with Gasteiger partial charge < -0.3 is 4.57 Å². The molecule has 0 aliphatic rings. The second-order valence-corrected chi connectivity index (χ2v) is 9.22. The lowest BCUT2D eigenvalue weighted by Crippen LogP contribution is -2.37. The summed E-state index contributed by atoms with van der Waals surface area (Å²) >= 11 is 1.82. The molecule has 0 bridgehead atoms. The first kappa shape index (κ1) is 19.5. The highest BCUT2D eigenvalue weighted by Gasteiger charge is 2.40. The van der Waals surface area contributed by atoms with Crippen LogP contribution in [0.2, 0.25) is 0 Å². The maximum absolute atomic E-state index is 4.87. The van der Waals surface area contributed by atoms with Gasteiger partial charge in [-0.3, -0.25) is 0 Å². The number of aryl methyl sites for hydroxylation is 2. The minimum absolute atomic E-state index is 0.544. The number of thiophene rings is 1. The van der Waals surface area contributed by atoms with Crippen LogP contribution in [-0.4, -0.2) is 9.55 Å². The van der Waals surface area contributed by atoms with Crippen molar-refractivity contribution in [1.29, 1.82) is 0 Å². The Bertz CT molecular complexity index is 1190. The van der Waals surface area contributed by atoms with Crippen molar-refractivity contribution in [2.45, 2.75) is 19.4 Å². The summed E-state index contributed by atoms with van der Waals surface area (Å²) in [4.78, 5) is 7.46. The lowest BCUT2D eigenvalue weighted by Gasteiger charge is -2.38. The van der Waals surface area contributed by atoms with E-state index in [-0.39, 0.29) is 0 Å². The first-order valence-corrected chi connectivity index (χ1v) is 11.3. The van der Waals surface area contributed by atoms with E-state index < -0.39 is 5.54 Å². The normalized spacial score (nSPS) is 11.5. The van der Waals surface area contributed by atoms with Gasteiger partial charge in [0.1, 0.15) is 11.4 Å². The van der Waals surface area contributed by atoms with Crippen molar-refractivity contribution in [3.05, 3.63) is 136 Å². The summed E-state index contributed by atoms with van der Waals surface area (Å²) in [5.41, 5.74) is 4.26. The lowest BCUT2D eigenvalue weighted by atomic mass is 9.76. The molecule has 31 heavy (non-hydrogen) atoms. The van der Waals surface area contributed by atoms with Crippen LogP contribution in [0.4, 0.5) is 0 Å². The first-order valence-electron chi connectivity index (χ1n) is 10.5. The van der Waals surface area contributed by atoms with Crippen molar-refractivity contribution < 1.29 is 0 Å². The molecule has 0 unspecified atom stereocenters. The molecule has 0 saturated heterocycles. The second kappa shape index (κ2) is 8.01. The maximum Gasteiger partial charge on any atom is 0.142 e. The van der Waals surface area contributed by atoms with E-state index in [1.54, 1.807) is 0 Å². The molecule has 3 heteroatoms. The molecule has 0 aliphatic carbocycles. The van der Waals surface area contributed by atoms with Crippen molar-refractivity contribution in [3.8, 4) is 11.4 Å². The SMILES string of the molecule is Cc1cc(-c2nccn2C(c2ccccc2)(c2ccccc2)c2ccccc2)c(C)s1. The van der Waals surface area contributed by atoms with Gasteiger partial charge in [0.2, 0.25) is 0 Å². The fourth-order valence-corrected chi connectivity index (χ4v) is 5.50. The smallest absolute Gasteiger partial charge is 0.142 e. The summed E-state index contributed by atoms with van der Waals surface area (Å²) in [7, 11) is 0. The molecule has 0 N–H and O–H groups in total. The van der Waals surface area contributed by atoms with E-state index in [9.17, 15) is 0 Å². The molecule has 0 spiro atoms. The third-order valence-corrected chi connectivity index (χ3v) is 6.82. The minimum atomic E-state index is -0.544. The second-order valence-electron chi connectivity index (χ2n) is 7.76. The molecule has 0 aliphatic heterocycles. The zero-order chi connectivity index (χ0) is 21.3. The van der Waals surface area contributed by atoms with Crippen molar-refractivity contribution in [1.82, 2.24) is 9.55 Å². The van der Waals surface area contributed by atoms with Crippen LogP contribution in [-0.2, 0) is 5.54 Å². The molecule has 3 aromatic carbocycles. The molecule has 2 aromatic heterocycles. The molecule has 152 valence electrons. The van der Waals surface area contributed by atoms with E-state index in [0.717, 1.165) is 5.82 Å². The van der Waals surface area contributed by atoms with Crippen molar-refractivity contribution in [2.75, 3.05) is 0 Å². The van der Waals surface area contributed by atoms with Gasteiger partial charge in [-0.05, 0) is 36.6 Å². The van der Waals surface area contributed by atoms with Gasteiger partial charge in [-0.25, -0.2) is 4.98 Å². The summed E-state index contributed by atoms with van der Waals surface area (Å²) < 4.78 is 2.35. The highest BCUT2D eigenvalue weighted by atomic mass is 32.1. The number of benzene rings is 3. The Kier molecular flexibility index (Phi) is 5.05. The van der Waals surface area contributed by atoms with Gasteiger partial charge in [0.05, 0.1) is 0 Å². The standard InChI is InChI=1S/C28H24N2S/c1-21-20-26(22(2)31-21)27-29-18-19-30(27)28(23-12-6-3-7-13-23,24-14-8-4-9-15-24)25-16-10-5-11-17-25/h3-20H,1-2H3. The average Bonchev–Trinajstić information content (AvgIpc) is 3.42. The van der Waals surface area contributed by atoms with Crippen LogP contribution in [0.15, 0.2) is 109 Å². The van der Waals surface area contributed by atoms with Crippen LogP contribution < -0.4 is 0 Å². The molecule has 0 amide bonds. The molecule has 2 nitrogen and oxygen atoms in total. The number of hydrogen-bond donors (Lipinski definition) is 0. The van der Waals surface area contributed by atoms with Crippen LogP contribution in [0, 0.1) is 13.8 Å². The molecular formula is C28H24N2S.